The van der Waals surface area contributed by atoms with Crippen molar-refractivity contribution in [3.05, 3.63) is 0 Å². The second kappa shape index (κ2) is 2.91. The van der Waals surface area contributed by atoms with E-state index >= 15 is 0 Å². The largest absolute Gasteiger partial charge is 0.344 e. The predicted octanol–water partition coefficient (Wildman–Crippen LogP) is 1.12. The zero-order valence-electron chi connectivity index (χ0n) is 7.16. The molecule has 1 saturated heterocycles. The second-order valence-electron chi connectivity index (χ2n) is 3.18. The highest BCUT2D eigenvalue weighted by molar-refractivity contribution is 5.57. The molecule has 0 bridgehead atoms. The van der Waals surface area contributed by atoms with Crippen LogP contribution in [0.25, 0.3) is 0 Å². The van der Waals surface area contributed by atoms with E-state index in [0.717, 1.165) is 12.7 Å². The van der Waals surface area contributed by atoms with Crippen LogP contribution in [0, 0.1) is 0 Å². The van der Waals surface area contributed by atoms with Crippen LogP contribution in [0.5, 0.6) is 0 Å². The van der Waals surface area contributed by atoms with Gasteiger partial charge in [-0.1, -0.05) is 6.92 Å². The highest BCUT2D eigenvalue weighted by Gasteiger charge is 2.39. The first-order chi connectivity index (χ1) is 5.09. The minimum atomic E-state index is -0.591. The Balaban J connectivity index is 2.62. The zero-order chi connectivity index (χ0) is 8.48. The topological polar surface area (TPSA) is 35.5 Å². The fraction of sp³-hybridized carbons (Fsp3) is 0.875. The average Bonchev–Trinajstić information content (AvgIpc) is 2.25. The third kappa shape index (κ3) is 1.79. The van der Waals surface area contributed by atoms with E-state index in [0.29, 0.717) is 0 Å². The Morgan fingerprint density at radius 2 is 2.09 bits per heavy atom. The van der Waals surface area contributed by atoms with Crippen molar-refractivity contribution in [2.75, 3.05) is 0 Å². The van der Waals surface area contributed by atoms with Crippen LogP contribution in [0.3, 0.4) is 0 Å². The molecule has 0 aromatic heterocycles. The van der Waals surface area contributed by atoms with Crippen molar-refractivity contribution >= 4 is 6.29 Å². The molecule has 1 fully saturated rings. The van der Waals surface area contributed by atoms with Gasteiger partial charge in [0.1, 0.15) is 6.10 Å². The molecule has 3 heteroatoms. The summed E-state index contributed by atoms with van der Waals surface area (Å²) in [6.45, 7) is 5.62. The van der Waals surface area contributed by atoms with E-state index in [1.807, 2.05) is 20.8 Å². The summed E-state index contributed by atoms with van der Waals surface area (Å²) in [6.07, 6.45) is 1.17. The summed E-state index contributed by atoms with van der Waals surface area (Å²) in [7, 11) is 0. The fourth-order valence-electron chi connectivity index (χ4n) is 1.29. The van der Waals surface area contributed by atoms with Gasteiger partial charge in [-0.3, -0.25) is 0 Å². The zero-order valence-corrected chi connectivity index (χ0v) is 7.16. The predicted molar refractivity (Wildman–Crippen MR) is 40.2 cm³/mol. The summed E-state index contributed by atoms with van der Waals surface area (Å²) in [4.78, 5) is 10.5. The quantitative estimate of drug-likeness (QED) is 0.565. The number of hydrogen-bond acceptors (Lipinski definition) is 3. The molecule has 0 aliphatic carbocycles. The Hall–Kier alpha value is -0.410. The molecule has 3 nitrogen and oxygen atoms in total. The van der Waals surface area contributed by atoms with Crippen LogP contribution in [-0.4, -0.2) is 24.3 Å². The Kier molecular flexibility index (Phi) is 2.30. The van der Waals surface area contributed by atoms with Crippen molar-refractivity contribution in [3.8, 4) is 0 Å². The Morgan fingerprint density at radius 3 is 2.45 bits per heavy atom. The van der Waals surface area contributed by atoms with Crippen LogP contribution < -0.4 is 0 Å². The normalized spacial score (nSPS) is 35.5. The number of hydrogen-bond donors (Lipinski definition) is 0. The van der Waals surface area contributed by atoms with Gasteiger partial charge in [-0.2, -0.15) is 0 Å². The van der Waals surface area contributed by atoms with E-state index in [4.69, 9.17) is 9.47 Å². The fourth-order valence-corrected chi connectivity index (χ4v) is 1.29. The van der Waals surface area contributed by atoms with Crippen molar-refractivity contribution in [2.24, 2.45) is 0 Å². The van der Waals surface area contributed by atoms with Gasteiger partial charge in [-0.15, -0.1) is 0 Å². The Bertz CT molecular complexity index is 153. The monoisotopic (exact) mass is 158 g/mol. The molecule has 0 aromatic carbocycles. The summed E-state index contributed by atoms with van der Waals surface area (Å²) in [5.41, 5.74) is 0. The molecule has 0 saturated carbocycles. The van der Waals surface area contributed by atoms with Crippen molar-refractivity contribution in [1.29, 1.82) is 0 Å². The van der Waals surface area contributed by atoms with Crippen molar-refractivity contribution in [3.63, 3.8) is 0 Å². The van der Waals surface area contributed by atoms with Crippen molar-refractivity contribution < 1.29 is 14.3 Å². The van der Waals surface area contributed by atoms with Gasteiger partial charge in [0.2, 0.25) is 0 Å². The average molecular weight is 158 g/mol. The van der Waals surface area contributed by atoms with E-state index < -0.39 is 5.79 Å². The van der Waals surface area contributed by atoms with Gasteiger partial charge in [0.15, 0.2) is 12.1 Å². The van der Waals surface area contributed by atoms with E-state index in [2.05, 4.69) is 0 Å². The second-order valence-corrected chi connectivity index (χ2v) is 3.18. The van der Waals surface area contributed by atoms with Crippen LogP contribution in [0.1, 0.15) is 27.2 Å². The summed E-state index contributed by atoms with van der Waals surface area (Å²) in [5, 5.41) is 0. The first kappa shape index (κ1) is 8.68. The van der Waals surface area contributed by atoms with Gasteiger partial charge in [0, 0.05) is 0 Å². The molecule has 0 N–H and O–H groups in total. The maximum atomic E-state index is 10.5. The number of rotatable bonds is 2. The van der Waals surface area contributed by atoms with Crippen molar-refractivity contribution in [1.82, 2.24) is 0 Å². The highest BCUT2D eigenvalue weighted by atomic mass is 16.8. The first-order valence-electron chi connectivity index (χ1n) is 3.90. The lowest BCUT2D eigenvalue weighted by Crippen LogP contribution is -2.22. The first-order valence-corrected chi connectivity index (χ1v) is 3.90. The lowest BCUT2D eigenvalue weighted by Gasteiger charge is -2.15. The van der Waals surface area contributed by atoms with E-state index in [-0.39, 0.29) is 12.2 Å². The molecule has 0 radical (unpaired) electrons. The minimum absolute atomic E-state index is 0.0671. The Labute approximate surface area is 66.7 Å². The molecule has 1 aliphatic rings. The maximum absolute atomic E-state index is 10.5. The van der Waals surface area contributed by atoms with Gasteiger partial charge in [0.05, 0.1) is 6.10 Å². The molecule has 0 unspecified atom stereocenters. The van der Waals surface area contributed by atoms with Gasteiger partial charge in [-0.25, -0.2) is 0 Å². The molecule has 2 atom stereocenters. The summed E-state index contributed by atoms with van der Waals surface area (Å²) >= 11 is 0. The lowest BCUT2D eigenvalue weighted by atomic mass is 10.2. The van der Waals surface area contributed by atoms with Gasteiger partial charge < -0.3 is 14.3 Å². The molecule has 1 aliphatic heterocycles. The highest BCUT2D eigenvalue weighted by Crippen LogP contribution is 2.28. The summed E-state index contributed by atoms with van der Waals surface area (Å²) in [5.74, 6) is -0.591. The van der Waals surface area contributed by atoms with Gasteiger partial charge >= 0.3 is 0 Å². The minimum Gasteiger partial charge on any atom is -0.344 e. The smallest absolute Gasteiger partial charge is 0.164 e. The maximum Gasteiger partial charge on any atom is 0.164 e. The van der Waals surface area contributed by atoms with Gasteiger partial charge in [-0.05, 0) is 20.3 Å². The molecule has 1 rings (SSSR count). The Morgan fingerprint density at radius 1 is 1.45 bits per heavy atom. The molecular formula is C8H14O3. The summed E-state index contributed by atoms with van der Waals surface area (Å²) < 4.78 is 10.8. The van der Waals surface area contributed by atoms with Crippen LogP contribution >= 0.6 is 0 Å². The third-order valence-corrected chi connectivity index (χ3v) is 1.76. The van der Waals surface area contributed by atoms with Crippen LogP contribution in [0.15, 0.2) is 0 Å². The number of carbonyl (C=O) groups excluding carboxylic acids is 1. The van der Waals surface area contributed by atoms with Crippen LogP contribution in [-0.2, 0) is 14.3 Å². The van der Waals surface area contributed by atoms with Gasteiger partial charge in [0.25, 0.3) is 0 Å². The SMILES string of the molecule is CC[C@@H]1OC(C)(C)O[C@H]1C=O. The molecular weight excluding hydrogens is 144 g/mol. The number of ether oxygens (including phenoxy) is 2. The number of aldehydes is 1. The van der Waals surface area contributed by atoms with Crippen LogP contribution in [0.2, 0.25) is 0 Å². The molecule has 11 heavy (non-hydrogen) atoms. The summed E-state index contributed by atoms with van der Waals surface area (Å²) in [6, 6.07) is 0. The molecule has 0 spiro atoms. The number of carbonyl (C=O) groups is 1. The van der Waals surface area contributed by atoms with Crippen molar-refractivity contribution in [2.45, 2.75) is 45.2 Å². The standard InChI is InChI=1S/C8H14O3/c1-4-6-7(5-9)11-8(2,3)10-6/h5-7H,4H2,1-3H3/t6-,7-/m0/s1. The molecule has 0 amide bonds. The van der Waals surface area contributed by atoms with E-state index in [1.165, 1.54) is 0 Å². The van der Waals surface area contributed by atoms with E-state index in [1.54, 1.807) is 0 Å². The molecule has 1 heterocycles. The lowest BCUT2D eigenvalue weighted by molar-refractivity contribution is -0.150. The van der Waals surface area contributed by atoms with Crippen LogP contribution in [0.4, 0.5) is 0 Å². The molecule has 0 aromatic rings. The van der Waals surface area contributed by atoms with E-state index in [9.17, 15) is 4.79 Å². The molecule has 64 valence electrons. The third-order valence-electron chi connectivity index (χ3n) is 1.76.